The number of nitrogens with zero attached hydrogens (tertiary/aromatic N) is 1. The van der Waals surface area contributed by atoms with Crippen LogP contribution in [0.3, 0.4) is 0 Å². The zero-order valence-corrected chi connectivity index (χ0v) is 12.3. The van der Waals surface area contributed by atoms with Crippen molar-refractivity contribution in [3.05, 3.63) is 69.2 Å². The second-order valence-electron chi connectivity index (χ2n) is 4.57. The first-order valence-corrected chi connectivity index (χ1v) is 6.96. The fourth-order valence-electron chi connectivity index (χ4n) is 1.89. The summed E-state index contributed by atoms with van der Waals surface area (Å²) in [5, 5.41) is 16.6. The van der Waals surface area contributed by atoms with Crippen LogP contribution in [-0.4, -0.2) is 17.5 Å². The predicted molar refractivity (Wildman–Crippen MR) is 85.3 cm³/mol. The van der Waals surface area contributed by atoms with E-state index in [0.717, 1.165) is 5.56 Å². The molecule has 0 aliphatic heterocycles. The smallest absolute Gasteiger partial charge is 0.319 e. The quantitative estimate of drug-likeness (QED) is 0.652. The molecular formula is C15H14ClN3O3. The molecule has 0 heterocycles. The Morgan fingerprint density at radius 3 is 2.68 bits per heavy atom. The first kappa shape index (κ1) is 15.8. The van der Waals surface area contributed by atoms with Gasteiger partial charge in [-0.05, 0) is 30.2 Å². The van der Waals surface area contributed by atoms with Gasteiger partial charge in [0.15, 0.2) is 0 Å². The molecule has 0 fully saturated rings. The van der Waals surface area contributed by atoms with Crippen LogP contribution in [0.1, 0.15) is 5.56 Å². The largest absolute Gasteiger partial charge is 0.338 e. The molecule has 2 aromatic rings. The Labute approximate surface area is 132 Å². The maximum atomic E-state index is 11.7. The first-order chi connectivity index (χ1) is 10.5. The van der Waals surface area contributed by atoms with Crippen molar-refractivity contribution < 1.29 is 9.72 Å². The van der Waals surface area contributed by atoms with E-state index in [0.29, 0.717) is 23.7 Å². The fraction of sp³-hybridized carbons (Fsp3) is 0.133. The summed E-state index contributed by atoms with van der Waals surface area (Å²) in [5.74, 6) is 0. The minimum Gasteiger partial charge on any atom is -0.338 e. The van der Waals surface area contributed by atoms with Gasteiger partial charge in [-0.2, -0.15) is 0 Å². The van der Waals surface area contributed by atoms with Crippen LogP contribution in [-0.2, 0) is 6.42 Å². The second kappa shape index (κ2) is 7.42. The molecule has 6 nitrogen and oxygen atoms in total. The maximum Gasteiger partial charge on any atom is 0.319 e. The molecule has 0 aliphatic carbocycles. The summed E-state index contributed by atoms with van der Waals surface area (Å²) in [7, 11) is 0. The van der Waals surface area contributed by atoms with Crippen molar-refractivity contribution in [3.8, 4) is 0 Å². The van der Waals surface area contributed by atoms with E-state index in [-0.39, 0.29) is 5.69 Å². The molecule has 0 aliphatic rings. The molecule has 0 spiro atoms. The lowest BCUT2D eigenvalue weighted by Gasteiger charge is -2.07. The van der Waals surface area contributed by atoms with Crippen molar-refractivity contribution in [2.45, 2.75) is 6.42 Å². The second-order valence-corrected chi connectivity index (χ2v) is 5.00. The Morgan fingerprint density at radius 2 is 1.95 bits per heavy atom. The van der Waals surface area contributed by atoms with Gasteiger partial charge in [-0.15, -0.1) is 0 Å². The number of hydrogen-bond acceptors (Lipinski definition) is 3. The van der Waals surface area contributed by atoms with E-state index in [2.05, 4.69) is 10.6 Å². The highest BCUT2D eigenvalue weighted by Crippen LogP contribution is 2.16. The number of non-ortho nitro benzene ring substituents is 1. The highest BCUT2D eigenvalue weighted by Gasteiger charge is 2.07. The number of carbonyl (C=O) groups is 1. The standard InChI is InChI=1S/C15H14ClN3O3/c16-12-4-1-3-11(9-12)7-8-17-15(20)18-13-5-2-6-14(10-13)19(21)22/h1-6,9-10H,7-8H2,(H2,17,18,20). The van der Waals surface area contributed by atoms with Gasteiger partial charge in [0.05, 0.1) is 4.92 Å². The Balaban J connectivity index is 1.83. The fourth-order valence-corrected chi connectivity index (χ4v) is 2.10. The van der Waals surface area contributed by atoms with Gasteiger partial charge < -0.3 is 10.6 Å². The number of nitrogens with one attached hydrogen (secondary N) is 2. The molecule has 0 unspecified atom stereocenters. The minimum atomic E-state index is -0.512. The number of rotatable bonds is 5. The number of benzene rings is 2. The molecule has 114 valence electrons. The van der Waals surface area contributed by atoms with Crippen molar-refractivity contribution in [2.75, 3.05) is 11.9 Å². The van der Waals surface area contributed by atoms with E-state index >= 15 is 0 Å². The van der Waals surface area contributed by atoms with Gasteiger partial charge >= 0.3 is 6.03 Å². The first-order valence-electron chi connectivity index (χ1n) is 6.58. The molecular weight excluding hydrogens is 306 g/mol. The predicted octanol–water partition coefficient (Wildman–Crippen LogP) is 3.61. The normalized spacial score (nSPS) is 10.0. The van der Waals surface area contributed by atoms with Crippen LogP contribution in [0, 0.1) is 10.1 Å². The van der Waals surface area contributed by atoms with Gasteiger partial charge in [-0.25, -0.2) is 4.79 Å². The summed E-state index contributed by atoms with van der Waals surface area (Å²) in [4.78, 5) is 21.9. The Hall–Kier alpha value is -2.60. The SMILES string of the molecule is O=C(NCCc1cccc(Cl)c1)Nc1cccc([N+](=O)[O-])c1. The average Bonchev–Trinajstić information content (AvgIpc) is 2.47. The van der Waals surface area contributed by atoms with Crippen LogP contribution >= 0.6 is 11.6 Å². The number of nitro benzene ring substituents is 1. The number of halogens is 1. The lowest BCUT2D eigenvalue weighted by molar-refractivity contribution is -0.384. The van der Waals surface area contributed by atoms with Gasteiger partial charge in [0.1, 0.15) is 0 Å². The summed E-state index contributed by atoms with van der Waals surface area (Å²) in [6.45, 7) is 0.432. The third-order valence-electron chi connectivity index (χ3n) is 2.90. The van der Waals surface area contributed by atoms with Crippen molar-refractivity contribution in [2.24, 2.45) is 0 Å². The van der Waals surface area contributed by atoms with Gasteiger partial charge in [0, 0.05) is 29.4 Å². The van der Waals surface area contributed by atoms with Gasteiger partial charge in [0.25, 0.3) is 5.69 Å². The zero-order valence-electron chi connectivity index (χ0n) is 11.6. The van der Waals surface area contributed by atoms with Crippen LogP contribution in [0.4, 0.5) is 16.2 Å². The lowest BCUT2D eigenvalue weighted by Crippen LogP contribution is -2.30. The van der Waals surface area contributed by atoms with E-state index in [1.807, 2.05) is 18.2 Å². The van der Waals surface area contributed by atoms with Crippen LogP contribution in [0.5, 0.6) is 0 Å². The number of amides is 2. The Morgan fingerprint density at radius 1 is 1.18 bits per heavy atom. The molecule has 0 atom stereocenters. The molecule has 0 saturated heterocycles. The van der Waals surface area contributed by atoms with Gasteiger partial charge in [0.2, 0.25) is 0 Å². The van der Waals surface area contributed by atoms with E-state index < -0.39 is 11.0 Å². The van der Waals surface area contributed by atoms with Crippen LogP contribution in [0.2, 0.25) is 5.02 Å². The molecule has 0 aromatic heterocycles. The maximum absolute atomic E-state index is 11.7. The summed E-state index contributed by atoms with van der Waals surface area (Å²) >= 11 is 5.88. The summed E-state index contributed by atoms with van der Waals surface area (Å²) < 4.78 is 0. The zero-order chi connectivity index (χ0) is 15.9. The van der Waals surface area contributed by atoms with Gasteiger partial charge in [-0.1, -0.05) is 29.8 Å². The molecule has 0 bridgehead atoms. The molecule has 2 aromatic carbocycles. The molecule has 2 rings (SSSR count). The van der Waals surface area contributed by atoms with Gasteiger partial charge in [-0.3, -0.25) is 10.1 Å². The number of anilines is 1. The van der Waals surface area contributed by atoms with Crippen LogP contribution in [0.25, 0.3) is 0 Å². The van der Waals surface area contributed by atoms with Crippen molar-refractivity contribution in [1.82, 2.24) is 5.32 Å². The lowest BCUT2D eigenvalue weighted by atomic mass is 10.1. The summed E-state index contributed by atoms with van der Waals surface area (Å²) in [6.07, 6.45) is 0.642. The van der Waals surface area contributed by atoms with Crippen LogP contribution < -0.4 is 10.6 Å². The third-order valence-corrected chi connectivity index (χ3v) is 3.14. The van der Waals surface area contributed by atoms with Crippen LogP contribution in [0.15, 0.2) is 48.5 Å². The number of hydrogen-bond donors (Lipinski definition) is 2. The van der Waals surface area contributed by atoms with Crippen molar-refractivity contribution in [3.63, 3.8) is 0 Å². The Bertz CT molecular complexity index is 691. The highest BCUT2D eigenvalue weighted by molar-refractivity contribution is 6.30. The number of carbonyl (C=O) groups excluding carboxylic acids is 1. The third kappa shape index (κ3) is 4.75. The van der Waals surface area contributed by atoms with E-state index in [9.17, 15) is 14.9 Å². The minimum absolute atomic E-state index is 0.0725. The highest BCUT2D eigenvalue weighted by atomic mass is 35.5. The summed E-state index contributed by atoms with van der Waals surface area (Å²) in [6, 6.07) is 12.7. The average molecular weight is 320 g/mol. The monoisotopic (exact) mass is 319 g/mol. The number of urea groups is 1. The summed E-state index contributed by atoms with van der Waals surface area (Å²) in [5.41, 5.74) is 1.31. The number of nitro groups is 1. The van der Waals surface area contributed by atoms with Crippen molar-refractivity contribution in [1.29, 1.82) is 0 Å². The molecule has 7 heteroatoms. The molecule has 22 heavy (non-hydrogen) atoms. The van der Waals surface area contributed by atoms with E-state index in [1.54, 1.807) is 12.1 Å². The van der Waals surface area contributed by atoms with E-state index in [1.165, 1.54) is 18.2 Å². The molecule has 2 N–H and O–H groups in total. The molecule has 0 radical (unpaired) electrons. The molecule has 0 saturated carbocycles. The van der Waals surface area contributed by atoms with E-state index in [4.69, 9.17) is 11.6 Å². The Kier molecular flexibility index (Phi) is 5.32. The topological polar surface area (TPSA) is 84.3 Å². The van der Waals surface area contributed by atoms with Crippen molar-refractivity contribution >= 4 is 29.0 Å². The molecule has 2 amide bonds.